The molecule has 7 heteroatoms. The van der Waals surface area contributed by atoms with Gasteiger partial charge in [0.1, 0.15) is 4.21 Å². The molecule has 2 aliphatic rings. The molecule has 1 atom stereocenters. The summed E-state index contributed by atoms with van der Waals surface area (Å²) in [4.78, 5) is 13.8. The van der Waals surface area contributed by atoms with E-state index in [1.165, 1.54) is 11.3 Å². The molecule has 2 fully saturated rings. The van der Waals surface area contributed by atoms with Crippen LogP contribution in [-0.2, 0) is 14.8 Å². The minimum absolute atomic E-state index is 0.136. The lowest BCUT2D eigenvalue weighted by molar-refractivity contribution is -0.141. The molecular formula is C14H20N2O3S2. The maximum absolute atomic E-state index is 12.7. The fourth-order valence-corrected chi connectivity index (χ4v) is 6.16. The van der Waals surface area contributed by atoms with E-state index >= 15 is 0 Å². The lowest BCUT2D eigenvalue weighted by atomic mass is 9.81. The van der Waals surface area contributed by atoms with Gasteiger partial charge in [0.05, 0.1) is 5.54 Å². The Balaban J connectivity index is 1.88. The molecule has 2 saturated heterocycles. The molecule has 0 radical (unpaired) electrons. The van der Waals surface area contributed by atoms with Crippen LogP contribution >= 0.6 is 11.3 Å². The Morgan fingerprint density at radius 1 is 1.29 bits per heavy atom. The van der Waals surface area contributed by atoms with Crippen molar-refractivity contribution in [1.29, 1.82) is 0 Å². The molecule has 3 heterocycles. The van der Waals surface area contributed by atoms with Crippen molar-refractivity contribution in [1.82, 2.24) is 9.21 Å². The van der Waals surface area contributed by atoms with Crippen molar-refractivity contribution in [2.24, 2.45) is 0 Å². The predicted octanol–water partition coefficient (Wildman–Crippen LogP) is 1.91. The molecule has 0 N–H and O–H groups in total. The first kappa shape index (κ1) is 15.0. The van der Waals surface area contributed by atoms with Crippen molar-refractivity contribution in [2.45, 2.75) is 41.9 Å². The Bertz CT molecular complexity index is 623. The molecule has 1 aromatic rings. The molecule has 2 aliphatic heterocycles. The monoisotopic (exact) mass is 328 g/mol. The van der Waals surface area contributed by atoms with E-state index in [9.17, 15) is 13.2 Å². The van der Waals surface area contributed by atoms with Crippen molar-refractivity contribution in [3.63, 3.8) is 0 Å². The number of rotatable bonds is 2. The Morgan fingerprint density at radius 2 is 2.05 bits per heavy atom. The maximum atomic E-state index is 12.7. The van der Waals surface area contributed by atoms with Gasteiger partial charge in [0.2, 0.25) is 5.91 Å². The van der Waals surface area contributed by atoms with Gasteiger partial charge in [0.15, 0.2) is 0 Å². The van der Waals surface area contributed by atoms with Crippen LogP contribution in [0.4, 0.5) is 0 Å². The van der Waals surface area contributed by atoms with Gasteiger partial charge in [-0.1, -0.05) is 6.07 Å². The molecule has 0 unspecified atom stereocenters. The van der Waals surface area contributed by atoms with E-state index in [4.69, 9.17) is 0 Å². The molecule has 0 bridgehead atoms. The van der Waals surface area contributed by atoms with E-state index < -0.39 is 10.0 Å². The van der Waals surface area contributed by atoms with Gasteiger partial charge in [-0.2, -0.15) is 4.31 Å². The normalized spacial score (nSPS) is 28.2. The van der Waals surface area contributed by atoms with Crippen molar-refractivity contribution in [3.05, 3.63) is 17.5 Å². The summed E-state index contributed by atoms with van der Waals surface area (Å²) in [6.07, 6.45) is 4.03. The van der Waals surface area contributed by atoms with Crippen molar-refractivity contribution >= 4 is 27.3 Å². The number of piperidine rings is 2. The molecule has 3 rings (SSSR count). The molecule has 5 nitrogen and oxygen atoms in total. The van der Waals surface area contributed by atoms with Crippen LogP contribution in [0.15, 0.2) is 21.7 Å². The number of hydrogen-bond acceptors (Lipinski definition) is 4. The highest BCUT2D eigenvalue weighted by Crippen LogP contribution is 2.37. The Kier molecular flexibility index (Phi) is 3.83. The van der Waals surface area contributed by atoms with Crippen LogP contribution in [0.3, 0.4) is 0 Å². The molecule has 1 aromatic heterocycles. The molecule has 0 aliphatic carbocycles. The highest BCUT2D eigenvalue weighted by atomic mass is 32.2. The van der Waals surface area contributed by atoms with Crippen LogP contribution in [-0.4, -0.2) is 49.2 Å². The number of likely N-dealkylation sites (tertiary alicyclic amines) is 1. The summed E-state index contributed by atoms with van der Waals surface area (Å²) < 4.78 is 27.4. The van der Waals surface area contributed by atoms with Crippen molar-refractivity contribution < 1.29 is 13.2 Å². The topological polar surface area (TPSA) is 57.7 Å². The fraction of sp³-hybridized carbons (Fsp3) is 0.643. The SMILES string of the molecule is CN1C(=O)CCC[C@]12CCCN(S(=O)(=O)c1cccs1)C2. The molecule has 0 saturated carbocycles. The summed E-state index contributed by atoms with van der Waals surface area (Å²) in [5.74, 6) is 0.136. The van der Waals surface area contributed by atoms with Gasteiger partial charge in [-0.15, -0.1) is 11.3 Å². The largest absolute Gasteiger partial charge is 0.339 e. The average molecular weight is 328 g/mol. The predicted molar refractivity (Wildman–Crippen MR) is 81.7 cm³/mol. The van der Waals surface area contributed by atoms with Gasteiger partial charge in [-0.3, -0.25) is 4.79 Å². The highest BCUT2D eigenvalue weighted by molar-refractivity contribution is 7.91. The minimum atomic E-state index is -3.42. The zero-order valence-corrected chi connectivity index (χ0v) is 13.8. The summed E-state index contributed by atoms with van der Waals surface area (Å²) in [6.45, 7) is 0.972. The summed E-state index contributed by atoms with van der Waals surface area (Å²) in [7, 11) is -1.60. The quantitative estimate of drug-likeness (QED) is 0.833. The van der Waals surface area contributed by atoms with E-state index in [-0.39, 0.29) is 11.4 Å². The van der Waals surface area contributed by atoms with Crippen LogP contribution in [0.2, 0.25) is 0 Å². The van der Waals surface area contributed by atoms with E-state index in [1.54, 1.807) is 26.7 Å². The first-order chi connectivity index (χ1) is 9.96. The zero-order chi connectivity index (χ0) is 15.1. The van der Waals surface area contributed by atoms with Gasteiger partial charge >= 0.3 is 0 Å². The van der Waals surface area contributed by atoms with Crippen LogP contribution in [0.5, 0.6) is 0 Å². The minimum Gasteiger partial charge on any atom is -0.339 e. The molecule has 1 spiro atoms. The van der Waals surface area contributed by atoms with E-state index in [2.05, 4.69) is 0 Å². The molecule has 21 heavy (non-hydrogen) atoms. The number of amides is 1. The summed E-state index contributed by atoms with van der Waals surface area (Å²) in [5.41, 5.74) is -0.308. The van der Waals surface area contributed by atoms with Crippen LogP contribution < -0.4 is 0 Å². The number of sulfonamides is 1. The number of carbonyl (C=O) groups is 1. The van der Waals surface area contributed by atoms with Gasteiger partial charge in [0.25, 0.3) is 10.0 Å². The zero-order valence-electron chi connectivity index (χ0n) is 12.1. The maximum Gasteiger partial charge on any atom is 0.252 e. The van der Waals surface area contributed by atoms with Crippen molar-refractivity contribution in [3.8, 4) is 0 Å². The van der Waals surface area contributed by atoms with Crippen LogP contribution in [0.1, 0.15) is 32.1 Å². The van der Waals surface area contributed by atoms with Crippen LogP contribution in [0, 0.1) is 0 Å². The number of likely N-dealkylation sites (N-methyl/N-ethyl adjacent to an activating group) is 1. The van der Waals surface area contributed by atoms with E-state index in [0.717, 1.165) is 25.7 Å². The van der Waals surface area contributed by atoms with Gasteiger partial charge < -0.3 is 4.90 Å². The van der Waals surface area contributed by atoms with E-state index in [1.807, 2.05) is 7.05 Å². The Hall–Kier alpha value is -0.920. The second-order valence-electron chi connectivity index (χ2n) is 5.90. The summed E-state index contributed by atoms with van der Waals surface area (Å²) >= 11 is 1.25. The summed E-state index contributed by atoms with van der Waals surface area (Å²) in [5, 5.41) is 1.78. The van der Waals surface area contributed by atoms with Gasteiger partial charge in [-0.25, -0.2) is 8.42 Å². The van der Waals surface area contributed by atoms with Gasteiger partial charge in [0, 0.05) is 26.6 Å². The molecule has 1 amide bonds. The van der Waals surface area contributed by atoms with E-state index in [0.29, 0.717) is 23.7 Å². The molecule has 0 aromatic carbocycles. The third-order valence-corrected chi connectivity index (χ3v) is 7.95. The smallest absolute Gasteiger partial charge is 0.252 e. The number of nitrogens with zero attached hydrogens (tertiary/aromatic N) is 2. The Morgan fingerprint density at radius 3 is 2.76 bits per heavy atom. The number of hydrogen-bond donors (Lipinski definition) is 0. The Labute approximate surface area is 129 Å². The van der Waals surface area contributed by atoms with Gasteiger partial charge in [-0.05, 0) is 37.1 Å². The average Bonchev–Trinajstić information content (AvgIpc) is 3.00. The molecular weight excluding hydrogens is 308 g/mol. The van der Waals surface area contributed by atoms with Crippen molar-refractivity contribution in [2.75, 3.05) is 20.1 Å². The first-order valence-corrected chi connectivity index (χ1v) is 9.58. The highest BCUT2D eigenvalue weighted by Gasteiger charge is 2.46. The third kappa shape index (κ3) is 2.51. The molecule has 116 valence electrons. The third-order valence-electron chi connectivity index (χ3n) is 4.73. The first-order valence-electron chi connectivity index (χ1n) is 7.26. The second kappa shape index (κ2) is 5.37. The standard InChI is InChI=1S/C14H20N2O3S2/c1-15-12(17)5-2-7-14(15)8-4-9-16(11-14)21(18,19)13-6-3-10-20-13/h3,6,10H,2,4-5,7-9,11H2,1H3/t14-/m1/s1. The fourth-order valence-electron chi connectivity index (χ4n) is 3.46. The summed E-state index contributed by atoms with van der Waals surface area (Å²) in [6, 6.07) is 3.41. The lowest BCUT2D eigenvalue weighted by Crippen LogP contribution is -2.61. The second-order valence-corrected chi connectivity index (χ2v) is 9.02. The lowest BCUT2D eigenvalue weighted by Gasteiger charge is -2.50. The number of thiophene rings is 1. The number of carbonyl (C=O) groups excluding carboxylic acids is 1. The van der Waals surface area contributed by atoms with Crippen LogP contribution in [0.25, 0.3) is 0 Å².